The van der Waals surface area contributed by atoms with Crippen LogP contribution in [0.1, 0.15) is 79.4 Å². The van der Waals surface area contributed by atoms with Gasteiger partial charge in [0.2, 0.25) is 5.91 Å². The van der Waals surface area contributed by atoms with E-state index in [-0.39, 0.29) is 29.8 Å². The maximum Gasteiger partial charge on any atom is 0.257 e. The van der Waals surface area contributed by atoms with Crippen LogP contribution < -0.4 is 10.6 Å². The van der Waals surface area contributed by atoms with Gasteiger partial charge in [0.15, 0.2) is 0 Å². The number of anilines is 1. The number of aryl methyl sites for hydroxylation is 1. The van der Waals surface area contributed by atoms with Gasteiger partial charge < -0.3 is 25.0 Å². The van der Waals surface area contributed by atoms with Crippen molar-refractivity contribution in [1.82, 2.24) is 10.5 Å². The Bertz CT molecular complexity index is 973. The van der Waals surface area contributed by atoms with Crippen LogP contribution in [-0.2, 0) is 14.9 Å². The Balaban J connectivity index is 1.49. The molecule has 0 bridgehead atoms. The van der Waals surface area contributed by atoms with E-state index >= 15 is 0 Å². The smallest absolute Gasteiger partial charge is 0.257 e. The first-order valence-electron chi connectivity index (χ1n) is 12.8. The standard InChI is InChI=1S/C27H37N3O5/c1-19-23(17-35-30-19)25(32)29-24(20-7-5-3-2-4-6-8-20)26(33)28-22-11-9-21(10-12-22)27(18-31)13-15-34-16-14-27/h9-12,17,20,24,31H,2-8,13-16,18H2,1H3,(H,28,33)(H,29,32). The predicted octanol–water partition coefficient (Wildman–Crippen LogP) is 4.12. The lowest BCUT2D eigenvalue weighted by molar-refractivity contribution is -0.119. The number of aliphatic hydroxyl groups excluding tert-OH is 1. The number of hydrogen-bond donors (Lipinski definition) is 3. The highest BCUT2D eigenvalue weighted by Gasteiger charge is 2.34. The van der Waals surface area contributed by atoms with Gasteiger partial charge in [-0.25, -0.2) is 0 Å². The first-order valence-corrected chi connectivity index (χ1v) is 12.8. The summed E-state index contributed by atoms with van der Waals surface area (Å²) in [5.74, 6) is -0.488. The van der Waals surface area contributed by atoms with E-state index in [1.807, 2.05) is 24.3 Å². The highest BCUT2D eigenvalue weighted by Crippen LogP contribution is 2.35. The third-order valence-electron chi connectivity index (χ3n) is 7.70. The largest absolute Gasteiger partial charge is 0.395 e. The lowest BCUT2D eigenvalue weighted by atomic mass is 9.75. The Kier molecular flexibility index (Phi) is 8.57. The van der Waals surface area contributed by atoms with Crippen LogP contribution in [0.4, 0.5) is 5.69 Å². The lowest BCUT2D eigenvalue weighted by Crippen LogP contribution is -2.48. The maximum absolute atomic E-state index is 13.5. The van der Waals surface area contributed by atoms with Crippen LogP contribution in [0.15, 0.2) is 35.1 Å². The Morgan fingerprint density at radius 2 is 1.74 bits per heavy atom. The van der Waals surface area contributed by atoms with Crippen LogP contribution in [-0.4, -0.2) is 47.9 Å². The molecule has 2 amide bonds. The molecular weight excluding hydrogens is 446 g/mol. The van der Waals surface area contributed by atoms with E-state index in [4.69, 9.17) is 9.26 Å². The van der Waals surface area contributed by atoms with Crippen LogP contribution >= 0.6 is 0 Å². The highest BCUT2D eigenvalue weighted by atomic mass is 16.5. The second kappa shape index (κ2) is 11.8. The minimum absolute atomic E-state index is 0.0681. The summed E-state index contributed by atoms with van der Waals surface area (Å²) in [6.45, 7) is 3.05. The molecule has 2 aromatic rings. The summed E-state index contributed by atoms with van der Waals surface area (Å²) in [6, 6.07) is 7.05. The van der Waals surface area contributed by atoms with Gasteiger partial charge in [-0.05, 0) is 56.2 Å². The summed E-state index contributed by atoms with van der Waals surface area (Å²) in [7, 11) is 0. The SMILES string of the molecule is Cc1nocc1C(=O)NC(C(=O)Nc1ccc(C2(CO)CCOCC2)cc1)C1CCCCCCC1. The number of nitrogens with one attached hydrogen (secondary N) is 2. The molecule has 0 spiro atoms. The summed E-state index contributed by atoms with van der Waals surface area (Å²) in [6.07, 6.45) is 10.3. The molecule has 1 saturated carbocycles. The van der Waals surface area contributed by atoms with E-state index in [1.54, 1.807) is 6.92 Å². The van der Waals surface area contributed by atoms with E-state index in [0.29, 0.717) is 30.2 Å². The van der Waals surface area contributed by atoms with Crippen molar-refractivity contribution in [3.8, 4) is 0 Å². The van der Waals surface area contributed by atoms with Gasteiger partial charge in [0.25, 0.3) is 5.91 Å². The minimum atomic E-state index is -0.645. The predicted molar refractivity (Wildman–Crippen MR) is 132 cm³/mol. The molecule has 8 heteroatoms. The van der Waals surface area contributed by atoms with Crippen LogP contribution in [0.3, 0.4) is 0 Å². The second-order valence-electron chi connectivity index (χ2n) is 9.99. The minimum Gasteiger partial charge on any atom is -0.395 e. The number of nitrogens with zero attached hydrogens (tertiary/aromatic N) is 1. The Hall–Kier alpha value is -2.71. The number of carbonyl (C=O) groups is 2. The van der Waals surface area contributed by atoms with E-state index < -0.39 is 6.04 Å². The molecule has 0 radical (unpaired) electrons. The van der Waals surface area contributed by atoms with Gasteiger partial charge in [-0.3, -0.25) is 9.59 Å². The monoisotopic (exact) mass is 483 g/mol. The zero-order chi connectivity index (χ0) is 24.7. The summed E-state index contributed by atoms with van der Waals surface area (Å²) < 4.78 is 10.4. The zero-order valence-electron chi connectivity index (χ0n) is 20.6. The molecule has 1 atom stereocenters. The van der Waals surface area contributed by atoms with Crippen molar-refractivity contribution in [1.29, 1.82) is 0 Å². The van der Waals surface area contributed by atoms with E-state index in [2.05, 4.69) is 15.8 Å². The third-order valence-corrected chi connectivity index (χ3v) is 7.70. The van der Waals surface area contributed by atoms with Crippen LogP contribution in [0.25, 0.3) is 0 Å². The van der Waals surface area contributed by atoms with Crippen LogP contribution in [0, 0.1) is 12.8 Å². The second-order valence-corrected chi connectivity index (χ2v) is 9.99. The number of hydrogen-bond acceptors (Lipinski definition) is 6. The number of rotatable bonds is 7. The van der Waals surface area contributed by atoms with Crippen molar-refractivity contribution in [2.24, 2.45) is 5.92 Å². The maximum atomic E-state index is 13.5. The number of amides is 2. The van der Waals surface area contributed by atoms with Gasteiger partial charge in [0.1, 0.15) is 17.9 Å². The molecule has 1 aromatic carbocycles. The molecule has 1 saturated heterocycles. The molecule has 190 valence electrons. The number of ether oxygens (including phenoxy) is 1. The number of benzene rings is 1. The molecule has 35 heavy (non-hydrogen) atoms. The molecule has 2 aliphatic rings. The first-order chi connectivity index (χ1) is 17.0. The van der Waals surface area contributed by atoms with Crippen molar-refractivity contribution in [3.05, 3.63) is 47.3 Å². The number of aliphatic hydroxyl groups is 1. The van der Waals surface area contributed by atoms with Gasteiger partial charge in [-0.1, -0.05) is 49.4 Å². The van der Waals surface area contributed by atoms with Gasteiger partial charge >= 0.3 is 0 Å². The third kappa shape index (κ3) is 6.11. The van der Waals surface area contributed by atoms with Gasteiger partial charge in [0, 0.05) is 24.3 Å². The zero-order valence-corrected chi connectivity index (χ0v) is 20.6. The van der Waals surface area contributed by atoms with Gasteiger partial charge in [-0.2, -0.15) is 0 Å². The summed E-state index contributed by atoms with van der Waals surface area (Å²) in [5, 5.41) is 19.9. The van der Waals surface area contributed by atoms with E-state index in [0.717, 1.165) is 56.9 Å². The van der Waals surface area contributed by atoms with E-state index in [1.165, 1.54) is 12.7 Å². The summed E-state index contributed by atoms with van der Waals surface area (Å²) in [5.41, 5.74) is 2.27. The average Bonchev–Trinajstić information content (AvgIpc) is 3.29. The molecule has 3 N–H and O–H groups in total. The quantitative estimate of drug-likeness (QED) is 0.546. The molecule has 1 aromatic heterocycles. The Labute approximate surface area is 206 Å². The molecular formula is C27H37N3O5. The van der Waals surface area contributed by atoms with Gasteiger partial charge in [-0.15, -0.1) is 0 Å². The van der Waals surface area contributed by atoms with Crippen molar-refractivity contribution in [3.63, 3.8) is 0 Å². The topological polar surface area (TPSA) is 114 Å². The first kappa shape index (κ1) is 25.4. The number of carbonyl (C=O) groups excluding carboxylic acids is 2. The molecule has 2 fully saturated rings. The number of aromatic nitrogens is 1. The fourth-order valence-electron chi connectivity index (χ4n) is 5.38. The molecule has 1 unspecified atom stereocenters. The van der Waals surface area contributed by atoms with Gasteiger partial charge in [0.05, 0.1) is 12.3 Å². The fourth-order valence-corrected chi connectivity index (χ4v) is 5.38. The van der Waals surface area contributed by atoms with Crippen molar-refractivity contribution in [2.75, 3.05) is 25.1 Å². The Morgan fingerprint density at radius 1 is 1.09 bits per heavy atom. The normalized spacial score (nSPS) is 19.8. The van der Waals surface area contributed by atoms with Crippen molar-refractivity contribution < 1.29 is 24.0 Å². The molecule has 2 heterocycles. The lowest BCUT2D eigenvalue weighted by Gasteiger charge is -2.36. The van der Waals surface area contributed by atoms with E-state index in [9.17, 15) is 14.7 Å². The molecule has 1 aliphatic heterocycles. The summed E-state index contributed by atoms with van der Waals surface area (Å²) in [4.78, 5) is 26.4. The molecule has 8 nitrogen and oxygen atoms in total. The van der Waals surface area contributed by atoms with Crippen molar-refractivity contribution >= 4 is 17.5 Å². The van der Waals surface area contributed by atoms with Crippen LogP contribution in [0.2, 0.25) is 0 Å². The fraction of sp³-hybridized carbons (Fsp3) is 0.593. The molecule has 4 rings (SSSR count). The van der Waals surface area contributed by atoms with Crippen molar-refractivity contribution in [2.45, 2.75) is 76.2 Å². The highest BCUT2D eigenvalue weighted by molar-refractivity contribution is 6.01. The average molecular weight is 484 g/mol. The van der Waals surface area contributed by atoms with Crippen LogP contribution in [0.5, 0.6) is 0 Å². The Morgan fingerprint density at radius 3 is 2.34 bits per heavy atom. The molecule has 1 aliphatic carbocycles. The summed E-state index contributed by atoms with van der Waals surface area (Å²) >= 11 is 0.